The number of amides is 1. The Labute approximate surface area is 182 Å². The Morgan fingerprint density at radius 3 is 2.30 bits per heavy atom. The Bertz CT molecular complexity index is 1110. The fourth-order valence-corrected chi connectivity index (χ4v) is 4.07. The number of rotatable bonds is 8. The molecule has 1 amide bonds. The van der Waals surface area contributed by atoms with Crippen molar-refractivity contribution in [1.29, 1.82) is 0 Å². The van der Waals surface area contributed by atoms with Crippen molar-refractivity contribution in [3.63, 3.8) is 0 Å². The summed E-state index contributed by atoms with van der Waals surface area (Å²) in [6.07, 6.45) is 3.28. The van der Waals surface area contributed by atoms with E-state index in [0.717, 1.165) is 19.3 Å². The molecule has 0 bridgehead atoms. The predicted molar refractivity (Wildman–Crippen MR) is 122 cm³/mol. The van der Waals surface area contributed by atoms with Crippen LogP contribution < -0.4 is 10.0 Å². The van der Waals surface area contributed by atoms with Gasteiger partial charge in [-0.05, 0) is 73.0 Å². The van der Waals surface area contributed by atoms with Gasteiger partial charge in [-0.2, -0.15) is 0 Å². The molecule has 0 saturated carbocycles. The molecule has 0 aliphatic heterocycles. The summed E-state index contributed by atoms with van der Waals surface area (Å²) in [5, 5.41) is 3.29. The van der Waals surface area contributed by atoms with E-state index in [1.54, 1.807) is 18.2 Å². The standard InChI is InChI=1S/C23H23ClN2O3S/c1-2-3-5-17-8-12-20(13-9-17)25-23(27)18-6-4-7-21(16-18)26-30(28,29)22-14-10-19(24)11-15-22/h4,6-16,26H,2-3,5H2,1H3,(H,25,27). The molecule has 0 unspecified atom stereocenters. The fraction of sp³-hybridized carbons (Fsp3) is 0.174. The lowest BCUT2D eigenvalue weighted by molar-refractivity contribution is 0.102. The van der Waals surface area contributed by atoms with E-state index in [2.05, 4.69) is 17.0 Å². The van der Waals surface area contributed by atoms with E-state index in [1.807, 2.05) is 24.3 Å². The first-order valence-electron chi connectivity index (χ1n) is 9.66. The molecule has 0 aromatic heterocycles. The Kier molecular flexibility index (Phi) is 7.13. The normalized spacial score (nSPS) is 11.1. The SMILES string of the molecule is CCCCc1ccc(NC(=O)c2cccc(NS(=O)(=O)c3ccc(Cl)cc3)c2)cc1. The second-order valence-corrected chi connectivity index (χ2v) is 9.01. The Morgan fingerprint density at radius 1 is 0.933 bits per heavy atom. The highest BCUT2D eigenvalue weighted by atomic mass is 35.5. The highest BCUT2D eigenvalue weighted by Gasteiger charge is 2.15. The molecule has 3 aromatic carbocycles. The van der Waals surface area contributed by atoms with Crippen LogP contribution in [-0.2, 0) is 16.4 Å². The number of carbonyl (C=O) groups excluding carboxylic acids is 1. The van der Waals surface area contributed by atoms with Crippen molar-refractivity contribution in [3.8, 4) is 0 Å². The number of hydrogen-bond acceptors (Lipinski definition) is 3. The van der Waals surface area contributed by atoms with Gasteiger partial charge in [-0.25, -0.2) is 8.42 Å². The Balaban J connectivity index is 1.70. The highest BCUT2D eigenvalue weighted by molar-refractivity contribution is 7.92. The van der Waals surface area contributed by atoms with Crippen LogP contribution in [0.25, 0.3) is 0 Å². The first-order chi connectivity index (χ1) is 14.4. The molecule has 0 atom stereocenters. The average Bonchev–Trinajstić information content (AvgIpc) is 2.73. The van der Waals surface area contributed by atoms with Gasteiger partial charge in [0.05, 0.1) is 4.90 Å². The molecule has 156 valence electrons. The maximum atomic E-state index is 12.6. The van der Waals surface area contributed by atoms with Crippen molar-refractivity contribution >= 4 is 38.9 Å². The molecule has 0 fully saturated rings. The summed E-state index contributed by atoms with van der Waals surface area (Å²) in [5.74, 6) is -0.316. The van der Waals surface area contributed by atoms with Gasteiger partial charge in [0.25, 0.3) is 15.9 Å². The van der Waals surface area contributed by atoms with E-state index in [0.29, 0.717) is 22.0 Å². The zero-order valence-corrected chi connectivity index (χ0v) is 18.1. The fourth-order valence-electron chi connectivity index (χ4n) is 2.89. The van der Waals surface area contributed by atoms with E-state index in [-0.39, 0.29) is 10.8 Å². The second-order valence-electron chi connectivity index (χ2n) is 6.89. The molecule has 0 aliphatic rings. The maximum absolute atomic E-state index is 12.6. The third-order valence-corrected chi connectivity index (χ3v) is 6.18. The zero-order chi connectivity index (χ0) is 21.6. The van der Waals surface area contributed by atoms with E-state index in [9.17, 15) is 13.2 Å². The van der Waals surface area contributed by atoms with Crippen LogP contribution in [-0.4, -0.2) is 14.3 Å². The molecule has 2 N–H and O–H groups in total. The number of anilines is 2. The van der Waals surface area contributed by atoms with E-state index < -0.39 is 10.0 Å². The predicted octanol–water partition coefficient (Wildman–Crippen LogP) is 5.74. The number of benzene rings is 3. The number of halogens is 1. The quantitative estimate of drug-likeness (QED) is 0.467. The molecule has 7 heteroatoms. The largest absolute Gasteiger partial charge is 0.322 e. The van der Waals surface area contributed by atoms with Gasteiger partial charge in [-0.3, -0.25) is 9.52 Å². The number of sulfonamides is 1. The number of carbonyl (C=O) groups is 1. The van der Waals surface area contributed by atoms with Gasteiger partial charge >= 0.3 is 0 Å². The summed E-state index contributed by atoms with van der Waals surface area (Å²) < 4.78 is 27.6. The minimum absolute atomic E-state index is 0.0879. The summed E-state index contributed by atoms with van der Waals surface area (Å²) >= 11 is 5.82. The molecule has 30 heavy (non-hydrogen) atoms. The van der Waals surface area contributed by atoms with Crippen LogP contribution in [0.4, 0.5) is 11.4 Å². The van der Waals surface area contributed by atoms with Crippen molar-refractivity contribution in [2.45, 2.75) is 31.1 Å². The molecule has 3 rings (SSSR count). The number of nitrogens with one attached hydrogen (secondary N) is 2. The summed E-state index contributed by atoms with van der Waals surface area (Å²) in [5.41, 5.74) is 2.56. The van der Waals surface area contributed by atoms with Crippen molar-refractivity contribution in [2.75, 3.05) is 10.0 Å². The van der Waals surface area contributed by atoms with Gasteiger partial charge in [0, 0.05) is 22.0 Å². The van der Waals surface area contributed by atoms with Crippen molar-refractivity contribution in [1.82, 2.24) is 0 Å². The summed E-state index contributed by atoms with van der Waals surface area (Å²) in [6.45, 7) is 2.15. The number of aryl methyl sites for hydroxylation is 1. The van der Waals surface area contributed by atoms with Crippen LogP contribution in [0.1, 0.15) is 35.7 Å². The lowest BCUT2D eigenvalue weighted by atomic mass is 10.1. The minimum atomic E-state index is -3.78. The molecule has 0 heterocycles. The van der Waals surface area contributed by atoms with Crippen molar-refractivity contribution < 1.29 is 13.2 Å². The number of hydrogen-bond donors (Lipinski definition) is 2. The third kappa shape index (κ3) is 5.84. The smallest absolute Gasteiger partial charge is 0.261 e. The van der Waals surface area contributed by atoms with Gasteiger partial charge < -0.3 is 5.32 Å². The molecule has 5 nitrogen and oxygen atoms in total. The van der Waals surface area contributed by atoms with E-state index in [1.165, 1.54) is 35.9 Å². The summed E-state index contributed by atoms with van der Waals surface area (Å²) in [4.78, 5) is 12.7. The first kappa shape index (κ1) is 21.9. The van der Waals surface area contributed by atoms with Gasteiger partial charge in [-0.1, -0.05) is 43.1 Å². The lowest BCUT2D eigenvalue weighted by Gasteiger charge is -2.10. The van der Waals surface area contributed by atoms with Crippen LogP contribution >= 0.6 is 11.6 Å². The highest BCUT2D eigenvalue weighted by Crippen LogP contribution is 2.20. The van der Waals surface area contributed by atoms with Gasteiger partial charge in [0.1, 0.15) is 0 Å². The molecule has 0 aliphatic carbocycles. The number of unbranched alkanes of at least 4 members (excludes halogenated alkanes) is 1. The third-order valence-electron chi connectivity index (χ3n) is 4.53. The van der Waals surface area contributed by atoms with E-state index >= 15 is 0 Å². The van der Waals surface area contributed by atoms with Gasteiger partial charge in [0.2, 0.25) is 0 Å². The van der Waals surface area contributed by atoms with Crippen LogP contribution in [0, 0.1) is 0 Å². The topological polar surface area (TPSA) is 75.3 Å². The molecule has 0 spiro atoms. The average molecular weight is 443 g/mol. The van der Waals surface area contributed by atoms with Crippen molar-refractivity contribution in [3.05, 3.63) is 88.9 Å². The zero-order valence-electron chi connectivity index (χ0n) is 16.6. The maximum Gasteiger partial charge on any atom is 0.261 e. The van der Waals surface area contributed by atoms with Gasteiger partial charge in [-0.15, -0.1) is 0 Å². The second kappa shape index (κ2) is 9.78. The van der Waals surface area contributed by atoms with Crippen LogP contribution in [0.2, 0.25) is 5.02 Å². The Hall–Kier alpha value is -2.83. The monoisotopic (exact) mass is 442 g/mol. The Morgan fingerprint density at radius 2 is 1.63 bits per heavy atom. The molecular weight excluding hydrogens is 420 g/mol. The lowest BCUT2D eigenvalue weighted by Crippen LogP contribution is -2.15. The summed E-state index contributed by atoms with van der Waals surface area (Å²) in [6, 6.07) is 20.0. The van der Waals surface area contributed by atoms with Crippen LogP contribution in [0.15, 0.2) is 77.7 Å². The molecule has 0 saturated heterocycles. The minimum Gasteiger partial charge on any atom is -0.322 e. The summed E-state index contributed by atoms with van der Waals surface area (Å²) in [7, 11) is -3.78. The van der Waals surface area contributed by atoms with E-state index in [4.69, 9.17) is 11.6 Å². The molecule has 3 aromatic rings. The van der Waals surface area contributed by atoms with Crippen LogP contribution in [0.3, 0.4) is 0 Å². The molecule has 0 radical (unpaired) electrons. The van der Waals surface area contributed by atoms with Crippen LogP contribution in [0.5, 0.6) is 0 Å². The first-order valence-corrected chi connectivity index (χ1v) is 11.5. The molecular formula is C23H23ClN2O3S. The van der Waals surface area contributed by atoms with Crippen molar-refractivity contribution in [2.24, 2.45) is 0 Å². The van der Waals surface area contributed by atoms with Gasteiger partial charge in [0.15, 0.2) is 0 Å².